The molecule has 3 aromatic rings. The van der Waals surface area contributed by atoms with Crippen molar-refractivity contribution in [1.82, 2.24) is 14.2 Å². The van der Waals surface area contributed by atoms with Gasteiger partial charge in [0.15, 0.2) is 5.13 Å². The average molecular weight is 491 g/mol. The maximum atomic E-state index is 14.2. The first-order valence-electron chi connectivity index (χ1n) is 10.8. The minimum absolute atomic E-state index is 0.119. The van der Waals surface area contributed by atoms with Gasteiger partial charge in [0.25, 0.3) is 0 Å². The summed E-state index contributed by atoms with van der Waals surface area (Å²) in [6.07, 6.45) is 1.19. The van der Waals surface area contributed by atoms with Crippen LogP contribution in [0.4, 0.5) is 9.52 Å². The highest BCUT2D eigenvalue weighted by Gasteiger charge is 2.36. The van der Waals surface area contributed by atoms with Gasteiger partial charge in [-0.15, -0.1) is 0 Å². The van der Waals surface area contributed by atoms with E-state index in [0.717, 1.165) is 0 Å². The van der Waals surface area contributed by atoms with Crippen LogP contribution in [0.5, 0.6) is 0 Å². The van der Waals surface area contributed by atoms with Gasteiger partial charge in [-0.1, -0.05) is 35.6 Å². The number of piperidine rings is 1. The molecular weight excluding hydrogens is 463 g/mol. The van der Waals surface area contributed by atoms with E-state index in [-0.39, 0.29) is 22.9 Å². The van der Waals surface area contributed by atoms with Crippen LogP contribution in [0.15, 0.2) is 53.4 Å². The number of hydrogen-bond acceptors (Lipinski definition) is 6. The lowest BCUT2D eigenvalue weighted by Gasteiger charge is -2.34. The number of likely N-dealkylation sites (N-methyl/N-ethyl adjacent to an activating group) is 1. The van der Waals surface area contributed by atoms with Gasteiger partial charge in [0, 0.05) is 26.2 Å². The Morgan fingerprint density at radius 2 is 1.91 bits per heavy atom. The SMILES string of the molecule is CN(C)CCN(C(=O)C1CCCN(S(=O)(=O)c2ccccc2)C1)c1nc2c(F)cccc2s1. The first kappa shape index (κ1) is 23.7. The molecule has 0 radical (unpaired) electrons. The monoisotopic (exact) mass is 490 g/mol. The fraction of sp³-hybridized carbons (Fsp3) is 0.391. The van der Waals surface area contributed by atoms with E-state index in [9.17, 15) is 17.6 Å². The van der Waals surface area contributed by atoms with Crippen molar-refractivity contribution >= 4 is 42.6 Å². The Bertz CT molecular complexity index is 1230. The minimum Gasteiger partial charge on any atom is -0.308 e. The number of para-hydroxylation sites is 1. The Morgan fingerprint density at radius 1 is 1.15 bits per heavy atom. The predicted octanol–water partition coefficient (Wildman–Crippen LogP) is 3.43. The number of fused-ring (bicyclic) bond motifs is 1. The lowest BCUT2D eigenvalue weighted by atomic mass is 9.98. The van der Waals surface area contributed by atoms with E-state index in [2.05, 4.69) is 4.98 Å². The molecule has 176 valence electrons. The summed E-state index contributed by atoms with van der Waals surface area (Å²) >= 11 is 1.27. The third-order valence-electron chi connectivity index (χ3n) is 5.74. The van der Waals surface area contributed by atoms with Crippen LogP contribution in [0.2, 0.25) is 0 Å². The molecule has 0 spiro atoms. The molecule has 2 aromatic carbocycles. The van der Waals surface area contributed by atoms with Crippen LogP contribution in [-0.4, -0.2) is 68.8 Å². The van der Waals surface area contributed by atoms with Crippen molar-refractivity contribution in [2.24, 2.45) is 5.92 Å². The molecule has 1 amide bonds. The van der Waals surface area contributed by atoms with Crippen LogP contribution < -0.4 is 4.90 Å². The van der Waals surface area contributed by atoms with Crippen molar-refractivity contribution in [3.63, 3.8) is 0 Å². The molecule has 4 rings (SSSR count). The van der Waals surface area contributed by atoms with E-state index in [0.29, 0.717) is 42.3 Å². The second kappa shape index (κ2) is 9.84. The van der Waals surface area contributed by atoms with Crippen LogP contribution in [0.25, 0.3) is 10.2 Å². The molecular formula is C23H27FN4O3S2. The number of carbonyl (C=O) groups is 1. The van der Waals surface area contributed by atoms with E-state index in [1.165, 1.54) is 21.7 Å². The number of carbonyl (C=O) groups excluding carboxylic acids is 1. The lowest BCUT2D eigenvalue weighted by molar-refractivity contribution is -0.123. The van der Waals surface area contributed by atoms with Crippen LogP contribution in [0.1, 0.15) is 12.8 Å². The molecule has 7 nitrogen and oxygen atoms in total. The van der Waals surface area contributed by atoms with Crippen molar-refractivity contribution < 1.29 is 17.6 Å². The van der Waals surface area contributed by atoms with Gasteiger partial charge in [-0.25, -0.2) is 17.8 Å². The Morgan fingerprint density at radius 3 is 2.61 bits per heavy atom. The smallest absolute Gasteiger partial charge is 0.243 e. The third-order valence-corrected chi connectivity index (χ3v) is 8.66. The highest BCUT2D eigenvalue weighted by Crippen LogP contribution is 2.32. The summed E-state index contributed by atoms with van der Waals surface area (Å²) in [5.74, 6) is -1.09. The molecule has 2 heterocycles. The van der Waals surface area contributed by atoms with Gasteiger partial charge in [-0.05, 0) is 51.2 Å². The van der Waals surface area contributed by atoms with E-state index in [1.54, 1.807) is 47.4 Å². The topological polar surface area (TPSA) is 73.8 Å². The van der Waals surface area contributed by atoms with E-state index >= 15 is 0 Å². The van der Waals surface area contributed by atoms with Crippen LogP contribution in [0, 0.1) is 11.7 Å². The summed E-state index contributed by atoms with van der Waals surface area (Å²) < 4.78 is 42.5. The summed E-state index contributed by atoms with van der Waals surface area (Å²) in [7, 11) is 0.145. The Balaban J connectivity index is 1.60. The van der Waals surface area contributed by atoms with Crippen molar-refractivity contribution in [3.8, 4) is 0 Å². The lowest BCUT2D eigenvalue weighted by Crippen LogP contribution is -2.48. The number of anilines is 1. The highest BCUT2D eigenvalue weighted by molar-refractivity contribution is 7.89. The molecule has 1 aliphatic rings. The van der Waals surface area contributed by atoms with Gasteiger partial charge in [0.05, 0.1) is 15.5 Å². The first-order chi connectivity index (χ1) is 15.8. The summed E-state index contributed by atoms with van der Waals surface area (Å²) in [5, 5.41) is 0.435. The zero-order valence-corrected chi connectivity index (χ0v) is 20.3. The van der Waals surface area contributed by atoms with Gasteiger partial charge < -0.3 is 4.90 Å². The van der Waals surface area contributed by atoms with Gasteiger partial charge >= 0.3 is 0 Å². The first-order valence-corrected chi connectivity index (χ1v) is 13.1. The fourth-order valence-electron chi connectivity index (χ4n) is 3.94. The maximum Gasteiger partial charge on any atom is 0.243 e. The molecule has 1 aromatic heterocycles. The van der Waals surface area contributed by atoms with Crippen molar-refractivity contribution in [1.29, 1.82) is 0 Å². The Kier molecular flexibility index (Phi) is 7.08. The van der Waals surface area contributed by atoms with E-state index in [4.69, 9.17) is 0 Å². The maximum absolute atomic E-state index is 14.2. The van der Waals surface area contributed by atoms with Crippen LogP contribution in [-0.2, 0) is 14.8 Å². The number of sulfonamides is 1. The third kappa shape index (κ3) is 5.08. The quantitative estimate of drug-likeness (QED) is 0.507. The standard InChI is InChI=1S/C23H27FN4O3S2/c1-26(2)14-15-28(23-25-21-19(24)11-6-12-20(21)32-23)22(29)17-8-7-13-27(16-17)33(30,31)18-9-4-3-5-10-18/h3-6,9-12,17H,7-8,13-16H2,1-2H3. The number of aromatic nitrogens is 1. The molecule has 33 heavy (non-hydrogen) atoms. The molecule has 10 heteroatoms. The molecule has 0 saturated carbocycles. The van der Waals surface area contributed by atoms with Gasteiger partial charge in [0.1, 0.15) is 11.3 Å². The van der Waals surface area contributed by atoms with Gasteiger partial charge in [-0.2, -0.15) is 4.31 Å². The van der Waals surface area contributed by atoms with Gasteiger partial charge in [0.2, 0.25) is 15.9 Å². The van der Waals surface area contributed by atoms with Gasteiger partial charge in [-0.3, -0.25) is 9.69 Å². The van der Waals surface area contributed by atoms with E-state index in [1.807, 2.05) is 19.0 Å². The fourth-order valence-corrected chi connectivity index (χ4v) is 6.50. The molecule has 1 aliphatic heterocycles. The zero-order valence-electron chi connectivity index (χ0n) is 18.6. The Labute approximate surface area is 197 Å². The molecule has 1 atom stereocenters. The van der Waals surface area contributed by atoms with Crippen molar-refractivity contribution in [2.75, 3.05) is 45.2 Å². The molecule has 1 unspecified atom stereocenters. The van der Waals surface area contributed by atoms with Crippen molar-refractivity contribution in [2.45, 2.75) is 17.7 Å². The number of nitrogens with zero attached hydrogens (tertiary/aromatic N) is 4. The second-order valence-electron chi connectivity index (χ2n) is 8.39. The number of thiazole rings is 1. The molecule has 1 fully saturated rings. The average Bonchev–Trinajstić information content (AvgIpc) is 3.25. The molecule has 1 saturated heterocycles. The molecule has 0 bridgehead atoms. The number of rotatable bonds is 7. The summed E-state index contributed by atoms with van der Waals surface area (Å²) in [5.41, 5.74) is 0.247. The van der Waals surface area contributed by atoms with E-state index < -0.39 is 21.8 Å². The summed E-state index contributed by atoms with van der Waals surface area (Å²) in [4.78, 5) is 21.8. The number of benzene rings is 2. The number of amides is 1. The normalized spacial score (nSPS) is 17.5. The number of halogens is 1. The summed E-state index contributed by atoms with van der Waals surface area (Å²) in [6, 6.07) is 13.0. The second-order valence-corrected chi connectivity index (χ2v) is 11.3. The van der Waals surface area contributed by atoms with Crippen LogP contribution in [0.3, 0.4) is 0 Å². The van der Waals surface area contributed by atoms with Crippen LogP contribution >= 0.6 is 11.3 Å². The summed E-state index contributed by atoms with van der Waals surface area (Å²) in [6.45, 7) is 1.48. The Hall–Kier alpha value is -2.40. The van der Waals surface area contributed by atoms with Crippen molar-refractivity contribution in [3.05, 3.63) is 54.3 Å². The molecule has 0 aliphatic carbocycles. The minimum atomic E-state index is -3.68. The number of hydrogen-bond donors (Lipinski definition) is 0. The zero-order chi connectivity index (χ0) is 23.6. The largest absolute Gasteiger partial charge is 0.308 e. The molecule has 0 N–H and O–H groups in total. The predicted molar refractivity (Wildman–Crippen MR) is 128 cm³/mol. The highest BCUT2D eigenvalue weighted by atomic mass is 32.2.